The smallest absolute Gasteiger partial charge is 0.272 e. The van der Waals surface area contributed by atoms with E-state index >= 15 is 0 Å². The third-order valence-corrected chi connectivity index (χ3v) is 7.19. The molecule has 1 N–H and O–H groups in total. The molecule has 0 atom stereocenters. The Labute approximate surface area is 179 Å². The monoisotopic (exact) mass is 416 g/mol. The van der Waals surface area contributed by atoms with E-state index in [2.05, 4.69) is 10.4 Å². The van der Waals surface area contributed by atoms with E-state index in [9.17, 15) is 9.59 Å². The van der Waals surface area contributed by atoms with Crippen LogP contribution in [0.15, 0.2) is 0 Å². The number of aryl methyl sites for hydroxylation is 1. The van der Waals surface area contributed by atoms with Crippen LogP contribution >= 0.6 is 0 Å². The molecular formula is C23H36N4O3. The summed E-state index contributed by atoms with van der Waals surface area (Å²) >= 11 is 0. The summed E-state index contributed by atoms with van der Waals surface area (Å²) in [7, 11) is 1.91. The normalized spacial score (nSPS) is 21.3. The maximum absolute atomic E-state index is 12.7. The Kier molecular flexibility index (Phi) is 6.19. The van der Waals surface area contributed by atoms with Crippen LogP contribution in [0.3, 0.4) is 0 Å². The number of carbonyl (C=O) groups excluding carboxylic acids is 2. The molecule has 2 amide bonds. The van der Waals surface area contributed by atoms with Gasteiger partial charge >= 0.3 is 0 Å². The second kappa shape index (κ2) is 8.69. The van der Waals surface area contributed by atoms with Gasteiger partial charge in [0.25, 0.3) is 5.91 Å². The van der Waals surface area contributed by atoms with Gasteiger partial charge in [0.2, 0.25) is 5.91 Å². The summed E-state index contributed by atoms with van der Waals surface area (Å²) in [5, 5.41) is 7.42. The molecule has 1 saturated carbocycles. The molecule has 7 nitrogen and oxygen atoms in total. The molecule has 1 aromatic heterocycles. The van der Waals surface area contributed by atoms with Crippen molar-refractivity contribution in [1.82, 2.24) is 20.0 Å². The minimum Gasteiger partial charge on any atom is -0.370 e. The Morgan fingerprint density at radius 1 is 1.23 bits per heavy atom. The number of ether oxygens (including phenoxy) is 1. The summed E-state index contributed by atoms with van der Waals surface area (Å²) in [6, 6.07) is 0.0709. The molecule has 30 heavy (non-hydrogen) atoms. The lowest BCUT2D eigenvalue weighted by molar-refractivity contribution is -0.141. The Morgan fingerprint density at radius 2 is 1.93 bits per heavy atom. The minimum absolute atomic E-state index is 0.0709. The van der Waals surface area contributed by atoms with Gasteiger partial charge in [-0.2, -0.15) is 5.10 Å². The van der Waals surface area contributed by atoms with Crippen molar-refractivity contribution in [2.24, 2.45) is 13.0 Å². The topological polar surface area (TPSA) is 76.5 Å². The summed E-state index contributed by atoms with van der Waals surface area (Å²) in [6.45, 7) is 5.83. The van der Waals surface area contributed by atoms with E-state index in [0.29, 0.717) is 24.6 Å². The van der Waals surface area contributed by atoms with Crippen molar-refractivity contribution >= 4 is 11.8 Å². The van der Waals surface area contributed by atoms with E-state index in [1.807, 2.05) is 30.5 Å². The predicted octanol–water partition coefficient (Wildman–Crippen LogP) is 2.96. The molecule has 4 rings (SSSR count). The lowest BCUT2D eigenvalue weighted by Gasteiger charge is -2.44. The molecule has 0 aromatic carbocycles. The van der Waals surface area contributed by atoms with E-state index in [0.717, 1.165) is 55.9 Å². The molecular weight excluding hydrogens is 380 g/mol. The van der Waals surface area contributed by atoms with E-state index < -0.39 is 0 Å². The van der Waals surface area contributed by atoms with Gasteiger partial charge in [-0.1, -0.05) is 25.7 Å². The van der Waals surface area contributed by atoms with Gasteiger partial charge in [-0.05, 0) is 39.0 Å². The lowest BCUT2D eigenvalue weighted by Crippen LogP contribution is -2.50. The number of aromatic nitrogens is 2. The van der Waals surface area contributed by atoms with Gasteiger partial charge in [-0.15, -0.1) is 0 Å². The van der Waals surface area contributed by atoms with Crippen molar-refractivity contribution in [3.05, 3.63) is 17.0 Å². The zero-order valence-electron chi connectivity index (χ0n) is 18.7. The van der Waals surface area contributed by atoms with Gasteiger partial charge in [0.1, 0.15) is 0 Å². The second-order valence-corrected chi connectivity index (χ2v) is 9.74. The quantitative estimate of drug-likeness (QED) is 0.801. The zero-order valence-corrected chi connectivity index (χ0v) is 18.7. The third-order valence-electron chi connectivity index (χ3n) is 7.19. The second-order valence-electron chi connectivity index (χ2n) is 9.74. The Balaban J connectivity index is 1.35. The number of likely N-dealkylation sites (tertiary alicyclic amines) is 1. The van der Waals surface area contributed by atoms with E-state index in [-0.39, 0.29) is 17.6 Å². The largest absolute Gasteiger partial charge is 0.370 e. The number of carbonyl (C=O) groups is 2. The highest BCUT2D eigenvalue weighted by molar-refractivity contribution is 5.94. The van der Waals surface area contributed by atoms with Crippen LogP contribution in [0.2, 0.25) is 0 Å². The maximum atomic E-state index is 12.7. The van der Waals surface area contributed by atoms with Crippen LogP contribution in [0.25, 0.3) is 0 Å². The fraction of sp³-hybridized carbons (Fsp3) is 0.783. The maximum Gasteiger partial charge on any atom is 0.272 e. The van der Waals surface area contributed by atoms with E-state index in [4.69, 9.17) is 4.74 Å². The first-order chi connectivity index (χ1) is 14.4. The molecule has 3 aliphatic rings. The van der Waals surface area contributed by atoms with Crippen LogP contribution < -0.4 is 5.32 Å². The number of nitrogens with one attached hydrogen (secondary N) is 1. The molecule has 7 heteroatoms. The van der Waals surface area contributed by atoms with Crippen LogP contribution in [0.1, 0.15) is 87.0 Å². The van der Waals surface area contributed by atoms with Crippen LogP contribution in [0.4, 0.5) is 0 Å². The average Bonchev–Trinajstić information content (AvgIpc) is 3.34. The first-order valence-electron chi connectivity index (χ1n) is 11.6. The summed E-state index contributed by atoms with van der Waals surface area (Å²) in [4.78, 5) is 27.2. The van der Waals surface area contributed by atoms with Crippen molar-refractivity contribution in [3.8, 4) is 0 Å². The summed E-state index contributed by atoms with van der Waals surface area (Å²) in [5.74, 6) is 0.933. The van der Waals surface area contributed by atoms with Crippen molar-refractivity contribution in [2.75, 3.05) is 13.1 Å². The van der Waals surface area contributed by atoms with Crippen LogP contribution in [-0.2, 0) is 29.6 Å². The molecule has 1 aromatic rings. The molecule has 1 saturated heterocycles. The molecule has 2 fully saturated rings. The highest BCUT2D eigenvalue weighted by Gasteiger charge is 2.42. The van der Waals surface area contributed by atoms with Gasteiger partial charge in [0.05, 0.1) is 12.2 Å². The SMILES string of the molecule is CC(C)NC(=O)c1nn(C)c2c1COC1(CCN(C(=O)CCC3CCCC3)CC1)C2. The zero-order chi connectivity index (χ0) is 21.3. The van der Waals surface area contributed by atoms with Crippen molar-refractivity contribution in [2.45, 2.75) is 89.9 Å². The Hall–Kier alpha value is -1.89. The molecule has 0 bridgehead atoms. The summed E-state index contributed by atoms with van der Waals surface area (Å²) in [5.41, 5.74) is 2.25. The molecule has 1 spiro atoms. The highest BCUT2D eigenvalue weighted by Crippen LogP contribution is 2.37. The number of hydrogen-bond donors (Lipinski definition) is 1. The molecule has 1 aliphatic carbocycles. The predicted molar refractivity (Wildman–Crippen MR) is 114 cm³/mol. The van der Waals surface area contributed by atoms with Gasteiger partial charge in [-0.3, -0.25) is 14.3 Å². The van der Waals surface area contributed by atoms with Crippen molar-refractivity contribution in [1.29, 1.82) is 0 Å². The van der Waals surface area contributed by atoms with E-state index in [1.54, 1.807) is 0 Å². The van der Waals surface area contributed by atoms with Gasteiger partial charge < -0.3 is 15.0 Å². The van der Waals surface area contributed by atoms with E-state index in [1.165, 1.54) is 25.7 Å². The summed E-state index contributed by atoms with van der Waals surface area (Å²) in [6.07, 6.45) is 9.46. The molecule has 2 aliphatic heterocycles. The lowest BCUT2D eigenvalue weighted by atomic mass is 9.83. The fourth-order valence-electron chi connectivity index (χ4n) is 5.34. The highest BCUT2D eigenvalue weighted by atomic mass is 16.5. The van der Waals surface area contributed by atoms with Gasteiger partial charge in [0, 0.05) is 50.3 Å². The Morgan fingerprint density at radius 3 is 2.60 bits per heavy atom. The molecule has 3 heterocycles. The van der Waals surface area contributed by atoms with Crippen molar-refractivity contribution in [3.63, 3.8) is 0 Å². The number of rotatable bonds is 5. The van der Waals surface area contributed by atoms with Gasteiger partial charge in [-0.25, -0.2) is 0 Å². The minimum atomic E-state index is -0.241. The number of fused-ring (bicyclic) bond motifs is 1. The molecule has 0 unspecified atom stereocenters. The number of amides is 2. The molecule has 0 radical (unpaired) electrons. The van der Waals surface area contributed by atoms with Crippen molar-refractivity contribution < 1.29 is 14.3 Å². The van der Waals surface area contributed by atoms with Crippen LogP contribution in [-0.4, -0.2) is 51.2 Å². The summed E-state index contributed by atoms with van der Waals surface area (Å²) < 4.78 is 8.18. The molecule has 166 valence electrons. The first-order valence-corrected chi connectivity index (χ1v) is 11.6. The number of piperidine rings is 1. The first kappa shape index (κ1) is 21.3. The standard InChI is InChI=1S/C23H36N4O3/c1-16(2)24-22(29)21-18-15-30-23(14-19(18)26(3)25-21)10-12-27(13-11-23)20(28)9-8-17-6-4-5-7-17/h16-17H,4-15H2,1-3H3,(H,24,29). The average molecular weight is 417 g/mol. The Bertz CT molecular complexity index is 787. The van der Waals surface area contributed by atoms with Crippen LogP contribution in [0, 0.1) is 5.92 Å². The number of hydrogen-bond acceptors (Lipinski definition) is 4. The third kappa shape index (κ3) is 4.41. The van der Waals surface area contributed by atoms with Crippen LogP contribution in [0.5, 0.6) is 0 Å². The fourth-order valence-corrected chi connectivity index (χ4v) is 5.34. The van der Waals surface area contributed by atoms with Gasteiger partial charge in [0.15, 0.2) is 5.69 Å². The number of nitrogens with zero attached hydrogens (tertiary/aromatic N) is 3.